The van der Waals surface area contributed by atoms with Crippen molar-refractivity contribution in [1.29, 1.82) is 0 Å². The summed E-state index contributed by atoms with van der Waals surface area (Å²) in [6.07, 6.45) is 6.68. The van der Waals surface area contributed by atoms with Gasteiger partial charge in [0, 0.05) is 12.5 Å². The van der Waals surface area contributed by atoms with Crippen molar-refractivity contribution in [3.63, 3.8) is 0 Å². The number of hydrogen-bond acceptors (Lipinski definition) is 2. The van der Waals surface area contributed by atoms with E-state index in [0.717, 1.165) is 19.4 Å². The van der Waals surface area contributed by atoms with E-state index in [1.54, 1.807) is 0 Å². The fourth-order valence-electron chi connectivity index (χ4n) is 2.88. The van der Waals surface area contributed by atoms with Crippen molar-refractivity contribution in [3.05, 3.63) is 0 Å². The minimum absolute atomic E-state index is 0.103. The molecule has 0 spiro atoms. The Labute approximate surface area is 85.6 Å². The molecule has 0 bridgehead atoms. The van der Waals surface area contributed by atoms with Gasteiger partial charge in [0.15, 0.2) is 0 Å². The third-order valence-corrected chi connectivity index (χ3v) is 3.70. The van der Waals surface area contributed by atoms with E-state index in [-0.39, 0.29) is 11.4 Å². The van der Waals surface area contributed by atoms with Gasteiger partial charge in [-0.25, -0.2) is 0 Å². The van der Waals surface area contributed by atoms with Gasteiger partial charge in [-0.15, -0.1) is 0 Å². The van der Waals surface area contributed by atoms with E-state index in [1.165, 1.54) is 19.3 Å². The van der Waals surface area contributed by atoms with E-state index in [4.69, 9.17) is 0 Å². The molecule has 3 nitrogen and oxygen atoms in total. The first-order chi connectivity index (χ1) is 6.77. The highest BCUT2D eigenvalue weighted by Gasteiger charge is 2.44. The molecular weight excluding hydrogens is 176 g/mol. The van der Waals surface area contributed by atoms with Crippen molar-refractivity contribution in [2.24, 2.45) is 0 Å². The molecule has 80 valence electrons. The summed E-state index contributed by atoms with van der Waals surface area (Å²) in [6.45, 7) is 2.99. The van der Waals surface area contributed by atoms with Crippen molar-refractivity contribution < 1.29 is 4.79 Å². The molecule has 0 radical (unpaired) electrons. The summed E-state index contributed by atoms with van der Waals surface area (Å²) in [7, 11) is 0. The second kappa shape index (κ2) is 3.89. The average molecular weight is 196 g/mol. The molecular formula is C11H20N2O. The Hall–Kier alpha value is -0.570. The van der Waals surface area contributed by atoms with E-state index in [9.17, 15) is 4.79 Å². The summed E-state index contributed by atoms with van der Waals surface area (Å²) in [5.74, 6) is 0.209. The van der Waals surface area contributed by atoms with Gasteiger partial charge in [0.2, 0.25) is 5.91 Å². The summed E-state index contributed by atoms with van der Waals surface area (Å²) < 4.78 is 0. The number of carbonyl (C=O) groups excluding carboxylic acids is 1. The standard InChI is InChI=1S/C11H20N2O/c1-2-10(14)13-11-6-4-3-5-9(11)12-8-7-11/h9,12H,2-8H2,1H3,(H,13,14). The smallest absolute Gasteiger partial charge is 0.220 e. The van der Waals surface area contributed by atoms with Crippen LogP contribution in [0.4, 0.5) is 0 Å². The van der Waals surface area contributed by atoms with Gasteiger partial charge in [-0.3, -0.25) is 4.79 Å². The maximum Gasteiger partial charge on any atom is 0.220 e. The van der Waals surface area contributed by atoms with Crippen molar-refractivity contribution in [2.45, 2.75) is 57.0 Å². The number of rotatable bonds is 2. The lowest BCUT2D eigenvalue weighted by Crippen LogP contribution is -2.57. The predicted octanol–water partition coefficient (Wildman–Crippen LogP) is 1.19. The molecule has 0 aromatic heterocycles. The molecule has 0 aromatic carbocycles. The third-order valence-electron chi connectivity index (χ3n) is 3.70. The number of carbonyl (C=O) groups is 1. The molecule has 1 heterocycles. The zero-order valence-corrected chi connectivity index (χ0v) is 8.94. The molecule has 14 heavy (non-hydrogen) atoms. The molecule has 2 atom stereocenters. The van der Waals surface area contributed by atoms with Gasteiger partial charge < -0.3 is 10.6 Å². The van der Waals surface area contributed by atoms with Crippen LogP contribution in [0, 0.1) is 0 Å². The summed E-state index contributed by atoms with van der Waals surface area (Å²) in [5, 5.41) is 6.76. The topological polar surface area (TPSA) is 41.1 Å². The van der Waals surface area contributed by atoms with Crippen LogP contribution in [0.1, 0.15) is 45.4 Å². The van der Waals surface area contributed by atoms with Crippen molar-refractivity contribution >= 4 is 5.91 Å². The number of fused-ring (bicyclic) bond motifs is 1. The lowest BCUT2D eigenvalue weighted by Gasteiger charge is -2.39. The maximum atomic E-state index is 11.5. The lowest BCUT2D eigenvalue weighted by molar-refractivity contribution is -0.123. The van der Waals surface area contributed by atoms with Gasteiger partial charge in [0.1, 0.15) is 0 Å². The van der Waals surface area contributed by atoms with E-state index in [1.807, 2.05) is 6.92 Å². The number of hydrogen-bond donors (Lipinski definition) is 2. The Morgan fingerprint density at radius 1 is 1.50 bits per heavy atom. The normalized spacial score (nSPS) is 36.5. The molecule has 2 fully saturated rings. The molecule has 2 unspecified atom stereocenters. The highest BCUT2D eigenvalue weighted by molar-refractivity contribution is 5.76. The van der Waals surface area contributed by atoms with Crippen LogP contribution in [0.25, 0.3) is 0 Å². The maximum absolute atomic E-state index is 11.5. The predicted molar refractivity (Wildman–Crippen MR) is 56.0 cm³/mol. The van der Waals surface area contributed by atoms with Crippen molar-refractivity contribution in [2.75, 3.05) is 6.54 Å². The third kappa shape index (κ3) is 1.65. The highest BCUT2D eigenvalue weighted by Crippen LogP contribution is 2.34. The average Bonchev–Trinajstić information content (AvgIpc) is 2.60. The minimum Gasteiger partial charge on any atom is -0.349 e. The molecule has 3 heteroatoms. The Bertz CT molecular complexity index is 229. The molecule has 1 amide bonds. The van der Waals surface area contributed by atoms with Gasteiger partial charge in [0.05, 0.1) is 5.54 Å². The Morgan fingerprint density at radius 3 is 3.14 bits per heavy atom. The quantitative estimate of drug-likeness (QED) is 0.696. The van der Waals surface area contributed by atoms with E-state index >= 15 is 0 Å². The van der Waals surface area contributed by atoms with E-state index in [2.05, 4.69) is 10.6 Å². The highest BCUT2D eigenvalue weighted by atomic mass is 16.1. The summed E-state index contributed by atoms with van der Waals surface area (Å²) in [4.78, 5) is 11.5. The Morgan fingerprint density at radius 2 is 2.36 bits per heavy atom. The Balaban J connectivity index is 2.06. The molecule has 1 saturated carbocycles. The molecule has 1 saturated heterocycles. The summed E-state index contributed by atoms with van der Waals surface area (Å²) in [5.41, 5.74) is 0.103. The van der Waals surface area contributed by atoms with Crippen LogP contribution in [0.15, 0.2) is 0 Å². The van der Waals surface area contributed by atoms with E-state index < -0.39 is 0 Å². The Kier molecular flexibility index (Phi) is 2.77. The number of nitrogens with one attached hydrogen (secondary N) is 2. The summed E-state index contributed by atoms with van der Waals surface area (Å²) >= 11 is 0. The van der Waals surface area contributed by atoms with Crippen molar-refractivity contribution in [3.8, 4) is 0 Å². The van der Waals surface area contributed by atoms with Gasteiger partial charge in [0.25, 0.3) is 0 Å². The number of amides is 1. The van der Waals surface area contributed by atoms with Crippen LogP contribution in [-0.2, 0) is 4.79 Å². The summed E-state index contributed by atoms with van der Waals surface area (Å²) in [6, 6.07) is 0.534. The molecule has 2 rings (SSSR count). The molecule has 1 aliphatic carbocycles. The first-order valence-electron chi connectivity index (χ1n) is 5.81. The van der Waals surface area contributed by atoms with Crippen molar-refractivity contribution in [1.82, 2.24) is 10.6 Å². The largest absolute Gasteiger partial charge is 0.349 e. The van der Waals surface area contributed by atoms with Crippen LogP contribution in [0.2, 0.25) is 0 Å². The first kappa shape index (κ1) is 9.97. The minimum atomic E-state index is 0.103. The van der Waals surface area contributed by atoms with Gasteiger partial charge in [-0.05, 0) is 25.8 Å². The molecule has 1 aliphatic heterocycles. The second-order valence-corrected chi connectivity index (χ2v) is 4.56. The van der Waals surface area contributed by atoms with Gasteiger partial charge >= 0.3 is 0 Å². The zero-order chi connectivity index (χ0) is 10.0. The second-order valence-electron chi connectivity index (χ2n) is 4.56. The van der Waals surface area contributed by atoms with Crippen LogP contribution in [0.3, 0.4) is 0 Å². The first-order valence-corrected chi connectivity index (χ1v) is 5.81. The molecule has 2 aliphatic rings. The van der Waals surface area contributed by atoms with Crippen LogP contribution in [-0.4, -0.2) is 24.0 Å². The SMILES string of the molecule is CCC(=O)NC12CCCCC1NCC2. The fraction of sp³-hybridized carbons (Fsp3) is 0.909. The molecule has 0 aromatic rings. The fourth-order valence-corrected chi connectivity index (χ4v) is 2.88. The lowest BCUT2D eigenvalue weighted by atomic mass is 9.78. The van der Waals surface area contributed by atoms with Gasteiger partial charge in [-0.2, -0.15) is 0 Å². The van der Waals surface area contributed by atoms with Crippen LogP contribution < -0.4 is 10.6 Å². The van der Waals surface area contributed by atoms with Crippen LogP contribution >= 0.6 is 0 Å². The molecule has 2 N–H and O–H groups in total. The van der Waals surface area contributed by atoms with Crippen LogP contribution in [0.5, 0.6) is 0 Å². The van der Waals surface area contributed by atoms with Gasteiger partial charge in [-0.1, -0.05) is 19.8 Å². The monoisotopic (exact) mass is 196 g/mol. The zero-order valence-electron chi connectivity index (χ0n) is 8.94. The van der Waals surface area contributed by atoms with E-state index in [0.29, 0.717) is 12.5 Å².